The van der Waals surface area contributed by atoms with Gasteiger partial charge in [0.25, 0.3) is 0 Å². The molecule has 0 bridgehead atoms. The molecule has 1 aliphatic rings. The van der Waals surface area contributed by atoms with E-state index in [-0.39, 0.29) is 16.8 Å². The van der Waals surface area contributed by atoms with E-state index in [4.69, 9.17) is 5.73 Å². The highest BCUT2D eigenvalue weighted by Gasteiger charge is 2.25. The average molecular weight is 282 g/mol. The van der Waals surface area contributed by atoms with Gasteiger partial charge in [-0.25, -0.2) is 8.42 Å². The van der Waals surface area contributed by atoms with Gasteiger partial charge in [0.05, 0.1) is 4.90 Å². The zero-order valence-corrected chi connectivity index (χ0v) is 11.5. The molecule has 2 N–H and O–H groups in total. The number of hydrogen-bond acceptors (Lipinski definition) is 4. The Labute approximate surface area is 113 Å². The number of carbonyl (C=O) groups excluding carboxylic acids is 1. The zero-order valence-electron chi connectivity index (χ0n) is 10.7. The van der Waals surface area contributed by atoms with Crippen LogP contribution in [0.4, 0.5) is 0 Å². The van der Waals surface area contributed by atoms with Gasteiger partial charge in [0, 0.05) is 19.1 Å². The molecule has 0 aromatic heterocycles. The first-order valence-corrected chi connectivity index (χ1v) is 7.95. The summed E-state index contributed by atoms with van der Waals surface area (Å²) in [6, 6.07) is 8.18. The topological polar surface area (TPSA) is 80.5 Å². The van der Waals surface area contributed by atoms with Crippen molar-refractivity contribution in [1.29, 1.82) is 0 Å². The second-order valence-electron chi connectivity index (χ2n) is 4.79. The number of nitrogens with two attached hydrogens (primary N) is 1. The molecule has 0 aliphatic carbocycles. The van der Waals surface area contributed by atoms with E-state index in [0.29, 0.717) is 13.1 Å². The highest BCUT2D eigenvalue weighted by Crippen LogP contribution is 2.13. The number of rotatable bonds is 3. The van der Waals surface area contributed by atoms with Crippen molar-refractivity contribution >= 4 is 15.7 Å². The summed E-state index contributed by atoms with van der Waals surface area (Å²) in [6.45, 7) is 1.09. The van der Waals surface area contributed by atoms with Crippen LogP contribution < -0.4 is 5.73 Å². The van der Waals surface area contributed by atoms with Gasteiger partial charge in [0.1, 0.15) is 5.75 Å². The Balaban J connectivity index is 2.03. The van der Waals surface area contributed by atoms with Crippen molar-refractivity contribution in [2.75, 3.05) is 18.8 Å². The summed E-state index contributed by atoms with van der Waals surface area (Å²) in [5.41, 5.74) is 5.76. The molecule has 1 heterocycles. The average Bonchev–Trinajstić information content (AvgIpc) is 2.40. The predicted molar refractivity (Wildman–Crippen MR) is 72.3 cm³/mol. The van der Waals surface area contributed by atoms with Crippen LogP contribution in [0.1, 0.15) is 12.8 Å². The maximum atomic E-state index is 12.1. The molecule has 1 aromatic carbocycles. The van der Waals surface area contributed by atoms with Crippen LogP contribution in [0.5, 0.6) is 0 Å². The second-order valence-corrected chi connectivity index (χ2v) is 6.78. The monoisotopic (exact) mass is 282 g/mol. The first-order valence-electron chi connectivity index (χ1n) is 6.30. The van der Waals surface area contributed by atoms with E-state index in [1.54, 1.807) is 23.1 Å². The number of piperidine rings is 1. The minimum atomic E-state index is -3.54. The van der Waals surface area contributed by atoms with Crippen molar-refractivity contribution in [2.24, 2.45) is 5.73 Å². The Morgan fingerprint density at radius 3 is 2.37 bits per heavy atom. The fourth-order valence-electron chi connectivity index (χ4n) is 2.11. The summed E-state index contributed by atoms with van der Waals surface area (Å²) >= 11 is 0. The van der Waals surface area contributed by atoms with E-state index in [1.807, 2.05) is 0 Å². The maximum Gasteiger partial charge on any atom is 0.238 e. The molecule has 104 valence electrons. The third kappa shape index (κ3) is 3.54. The van der Waals surface area contributed by atoms with Crippen molar-refractivity contribution in [3.63, 3.8) is 0 Å². The summed E-state index contributed by atoms with van der Waals surface area (Å²) in [6.07, 6.45) is 1.47. The van der Waals surface area contributed by atoms with Gasteiger partial charge in [-0.05, 0) is 25.0 Å². The zero-order chi connectivity index (χ0) is 13.9. The Morgan fingerprint density at radius 1 is 1.21 bits per heavy atom. The lowest BCUT2D eigenvalue weighted by molar-refractivity contribution is -0.129. The van der Waals surface area contributed by atoms with Crippen LogP contribution in [0.25, 0.3) is 0 Å². The second kappa shape index (κ2) is 5.71. The molecule has 1 saturated heterocycles. The SMILES string of the molecule is NC1CCN(C(=O)CS(=O)(=O)c2ccccc2)CC1. The maximum absolute atomic E-state index is 12.1. The van der Waals surface area contributed by atoms with Crippen LogP contribution >= 0.6 is 0 Å². The third-order valence-electron chi connectivity index (χ3n) is 3.31. The molecule has 1 fully saturated rings. The highest BCUT2D eigenvalue weighted by molar-refractivity contribution is 7.92. The molecule has 0 unspecified atom stereocenters. The van der Waals surface area contributed by atoms with E-state index in [0.717, 1.165) is 12.8 Å². The molecule has 1 aromatic rings. The van der Waals surface area contributed by atoms with Crippen molar-refractivity contribution < 1.29 is 13.2 Å². The molecule has 1 amide bonds. The van der Waals surface area contributed by atoms with Gasteiger partial charge >= 0.3 is 0 Å². The fourth-order valence-corrected chi connectivity index (χ4v) is 3.36. The van der Waals surface area contributed by atoms with Crippen LogP contribution in [0.2, 0.25) is 0 Å². The Morgan fingerprint density at radius 2 is 1.79 bits per heavy atom. The van der Waals surface area contributed by atoms with E-state index in [2.05, 4.69) is 0 Å². The molecule has 5 nitrogen and oxygen atoms in total. The molecule has 2 rings (SSSR count). The normalized spacial score (nSPS) is 17.4. The number of nitrogens with zero attached hydrogens (tertiary/aromatic N) is 1. The van der Waals surface area contributed by atoms with Crippen LogP contribution in [0.3, 0.4) is 0 Å². The summed E-state index contributed by atoms with van der Waals surface area (Å²) < 4.78 is 24.2. The molecule has 19 heavy (non-hydrogen) atoms. The van der Waals surface area contributed by atoms with Crippen LogP contribution in [0.15, 0.2) is 35.2 Å². The van der Waals surface area contributed by atoms with Gasteiger partial charge < -0.3 is 10.6 Å². The van der Waals surface area contributed by atoms with E-state index in [9.17, 15) is 13.2 Å². The predicted octanol–water partition coefficient (Wildman–Crippen LogP) is 0.410. The number of benzene rings is 1. The minimum absolute atomic E-state index is 0.120. The quantitative estimate of drug-likeness (QED) is 0.870. The first-order chi connectivity index (χ1) is 8.99. The van der Waals surface area contributed by atoms with Gasteiger partial charge in [-0.15, -0.1) is 0 Å². The van der Waals surface area contributed by atoms with Crippen LogP contribution in [-0.4, -0.2) is 44.1 Å². The Hall–Kier alpha value is -1.40. The highest BCUT2D eigenvalue weighted by atomic mass is 32.2. The summed E-state index contributed by atoms with van der Waals surface area (Å²) in [7, 11) is -3.54. The molecule has 6 heteroatoms. The molecule has 0 radical (unpaired) electrons. The smallest absolute Gasteiger partial charge is 0.238 e. The van der Waals surface area contributed by atoms with Crippen molar-refractivity contribution in [3.05, 3.63) is 30.3 Å². The molecule has 0 spiro atoms. The van der Waals surface area contributed by atoms with E-state index < -0.39 is 15.6 Å². The van der Waals surface area contributed by atoms with Gasteiger partial charge in [-0.3, -0.25) is 4.79 Å². The number of likely N-dealkylation sites (tertiary alicyclic amines) is 1. The number of amides is 1. The standard InChI is InChI=1S/C13H18N2O3S/c14-11-6-8-15(9-7-11)13(16)10-19(17,18)12-4-2-1-3-5-12/h1-5,11H,6-10,14H2. The summed E-state index contributed by atoms with van der Waals surface area (Å²) in [5.74, 6) is -0.803. The van der Waals surface area contributed by atoms with Gasteiger partial charge in [0.15, 0.2) is 9.84 Å². The number of hydrogen-bond donors (Lipinski definition) is 1. The van der Waals surface area contributed by atoms with Crippen molar-refractivity contribution in [1.82, 2.24) is 4.90 Å². The lowest BCUT2D eigenvalue weighted by atomic mass is 10.1. The summed E-state index contributed by atoms with van der Waals surface area (Å²) in [4.78, 5) is 13.8. The lowest BCUT2D eigenvalue weighted by Crippen LogP contribution is -2.44. The van der Waals surface area contributed by atoms with E-state index >= 15 is 0 Å². The number of sulfone groups is 1. The molecular weight excluding hydrogens is 264 g/mol. The fraction of sp³-hybridized carbons (Fsp3) is 0.462. The molecule has 0 saturated carbocycles. The Kier molecular flexibility index (Phi) is 4.21. The number of carbonyl (C=O) groups is 1. The molecule has 0 atom stereocenters. The van der Waals surface area contributed by atoms with Crippen LogP contribution in [0, 0.1) is 0 Å². The largest absolute Gasteiger partial charge is 0.342 e. The van der Waals surface area contributed by atoms with Gasteiger partial charge in [0.2, 0.25) is 5.91 Å². The van der Waals surface area contributed by atoms with Gasteiger partial charge in [-0.2, -0.15) is 0 Å². The van der Waals surface area contributed by atoms with Crippen molar-refractivity contribution in [2.45, 2.75) is 23.8 Å². The van der Waals surface area contributed by atoms with Crippen LogP contribution in [-0.2, 0) is 14.6 Å². The van der Waals surface area contributed by atoms with Gasteiger partial charge in [-0.1, -0.05) is 18.2 Å². The molecule has 1 aliphatic heterocycles. The van der Waals surface area contributed by atoms with E-state index in [1.165, 1.54) is 12.1 Å². The lowest BCUT2D eigenvalue weighted by Gasteiger charge is -2.30. The Bertz CT molecular complexity index is 534. The molecular formula is C13H18N2O3S. The minimum Gasteiger partial charge on any atom is -0.342 e. The first kappa shape index (κ1) is 14.0. The van der Waals surface area contributed by atoms with Crippen molar-refractivity contribution in [3.8, 4) is 0 Å². The summed E-state index contributed by atoms with van der Waals surface area (Å²) in [5, 5.41) is 0. The third-order valence-corrected chi connectivity index (χ3v) is 4.93.